The minimum atomic E-state index is -1.74. The van der Waals surface area contributed by atoms with Crippen LogP contribution in [0.15, 0.2) is 29.3 Å². The van der Waals surface area contributed by atoms with Gasteiger partial charge in [-0.3, -0.25) is 9.36 Å². The number of aromatic nitrogens is 4. The van der Waals surface area contributed by atoms with Crippen molar-refractivity contribution in [3.63, 3.8) is 0 Å². The van der Waals surface area contributed by atoms with Crippen LogP contribution < -0.4 is 10.9 Å². The lowest BCUT2D eigenvalue weighted by atomic mass is 10.1. The van der Waals surface area contributed by atoms with E-state index in [2.05, 4.69) is 77.8 Å². The SMILES string of the molecule is Cc1c(I)c(=O)n(C2CCCC2)c2nc(Nc3ccc(CCO[Si](C)(C)C(C)(C)C)cn3)ncc12. The maximum absolute atomic E-state index is 13.2. The van der Waals surface area contributed by atoms with E-state index in [4.69, 9.17) is 9.41 Å². The summed E-state index contributed by atoms with van der Waals surface area (Å²) in [5.41, 5.74) is 2.83. The summed E-state index contributed by atoms with van der Waals surface area (Å²) < 4.78 is 8.94. The van der Waals surface area contributed by atoms with E-state index in [0.717, 1.165) is 52.2 Å². The molecule has 7 nitrogen and oxygen atoms in total. The van der Waals surface area contributed by atoms with Crippen molar-refractivity contribution < 1.29 is 4.43 Å². The second-order valence-electron chi connectivity index (χ2n) is 11.0. The molecular formula is C26H36IN5O2Si. The van der Waals surface area contributed by atoms with Crippen molar-refractivity contribution >= 4 is 53.7 Å². The first kappa shape index (κ1) is 26.2. The average Bonchev–Trinajstić information content (AvgIpc) is 3.32. The van der Waals surface area contributed by atoms with E-state index >= 15 is 0 Å². The Morgan fingerprint density at radius 3 is 2.51 bits per heavy atom. The van der Waals surface area contributed by atoms with E-state index in [0.29, 0.717) is 24.0 Å². The summed E-state index contributed by atoms with van der Waals surface area (Å²) in [6.07, 6.45) is 8.86. The van der Waals surface area contributed by atoms with E-state index in [1.807, 2.05) is 30.0 Å². The third-order valence-electron chi connectivity index (χ3n) is 7.55. The molecule has 35 heavy (non-hydrogen) atoms. The molecule has 0 bridgehead atoms. The number of nitrogens with zero attached hydrogens (tertiary/aromatic N) is 4. The maximum atomic E-state index is 13.2. The minimum Gasteiger partial charge on any atom is -0.416 e. The van der Waals surface area contributed by atoms with Gasteiger partial charge in [0.25, 0.3) is 5.56 Å². The molecule has 1 fully saturated rings. The standard InChI is InChI=1S/C26H36IN5O2Si/c1-17-20-16-29-25(31-23(20)32(24(33)22(17)27)19-9-7-8-10-19)30-21-12-11-18(15-28-21)13-14-34-35(5,6)26(2,3)4/h11-12,15-16,19H,7-10,13-14H2,1-6H3,(H,28,29,30,31). The lowest BCUT2D eigenvalue weighted by Gasteiger charge is -2.36. The summed E-state index contributed by atoms with van der Waals surface area (Å²) in [6, 6.07) is 4.21. The van der Waals surface area contributed by atoms with Gasteiger partial charge in [-0.15, -0.1) is 0 Å². The summed E-state index contributed by atoms with van der Waals surface area (Å²) in [5.74, 6) is 1.13. The number of anilines is 2. The molecular weight excluding hydrogens is 569 g/mol. The number of aryl methyl sites for hydroxylation is 1. The molecule has 0 atom stereocenters. The monoisotopic (exact) mass is 605 g/mol. The fourth-order valence-electron chi connectivity index (χ4n) is 4.26. The number of hydrogen-bond donors (Lipinski definition) is 1. The summed E-state index contributed by atoms with van der Waals surface area (Å²) in [4.78, 5) is 27.0. The molecule has 0 aromatic carbocycles. The lowest BCUT2D eigenvalue weighted by molar-refractivity contribution is 0.292. The van der Waals surface area contributed by atoms with Crippen LogP contribution in [0.4, 0.5) is 11.8 Å². The second-order valence-corrected chi connectivity index (χ2v) is 16.9. The number of rotatable bonds is 7. The Hall–Kier alpha value is -1.85. The van der Waals surface area contributed by atoms with Crippen LogP contribution in [0.25, 0.3) is 11.0 Å². The molecule has 1 saturated carbocycles. The third-order valence-corrected chi connectivity index (χ3v) is 13.4. The molecule has 3 heterocycles. The molecule has 3 aromatic rings. The van der Waals surface area contributed by atoms with Crippen LogP contribution in [0, 0.1) is 10.5 Å². The van der Waals surface area contributed by atoms with E-state index < -0.39 is 8.32 Å². The Kier molecular flexibility index (Phi) is 7.68. The highest BCUT2D eigenvalue weighted by molar-refractivity contribution is 14.1. The van der Waals surface area contributed by atoms with Crippen molar-refractivity contribution in [1.82, 2.24) is 19.5 Å². The quantitative estimate of drug-likeness (QED) is 0.244. The molecule has 0 spiro atoms. The van der Waals surface area contributed by atoms with Gasteiger partial charge in [-0.25, -0.2) is 9.97 Å². The lowest BCUT2D eigenvalue weighted by Crippen LogP contribution is -2.41. The van der Waals surface area contributed by atoms with E-state index in [-0.39, 0.29) is 16.6 Å². The molecule has 188 valence electrons. The third kappa shape index (κ3) is 5.61. The van der Waals surface area contributed by atoms with Crippen molar-refractivity contribution in [1.29, 1.82) is 0 Å². The van der Waals surface area contributed by atoms with Crippen molar-refractivity contribution in [2.75, 3.05) is 11.9 Å². The molecule has 1 aliphatic rings. The highest BCUT2D eigenvalue weighted by Crippen LogP contribution is 2.36. The molecule has 3 aromatic heterocycles. The van der Waals surface area contributed by atoms with Gasteiger partial charge in [0.15, 0.2) is 8.32 Å². The van der Waals surface area contributed by atoms with Gasteiger partial charge in [-0.2, -0.15) is 4.98 Å². The Morgan fingerprint density at radius 1 is 1.17 bits per heavy atom. The maximum Gasteiger partial charge on any atom is 0.266 e. The zero-order valence-electron chi connectivity index (χ0n) is 21.6. The van der Waals surface area contributed by atoms with Gasteiger partial charge in [0.1, 0.15) is 11.5 Å². The smallest absolute Gasteiger partial charge is 0.266 e. The molecule has 0 saturated heterocycles. The highest BCUT2D eigenvalue weighted by Gasteiger charge is 2.36. The molecule has 1 N–H and O–H groups in total. The Balaban J connectivity index is 1.51. The second kappa shape index (κ2) is 10.3. The van der Waals surface area contributed by atoms with Crippen LogP contribution in [0.2, 0.25) is 18.1 Å². The summed E-state index contributed by atoms with van der Waals surface area (Å²) in [6.45, 7) is 14.0. The van der Waals surface area contributed by atoms with Gasteiger partial charge in [0, 0.05) is 30.4 Å². The molecule has 0 radical (unpaired) electrons. The van der Waals surface area contributed by atoms with Gasteiger partial charge in [0.2, 0.25) is 5.95 Å². The van der Waals surface area contributed by atoms with Crippen LogP contribution >= 0.6 is 22.6 Å². The van der Waals surface area contributed by atoms with Gasteiger partial charge in [-0.05, 0) is 84.1 Å². The van der Waals surface area contributed by atoms with Crippen LogP contribution in [-0.4, -0.2) is 34.4 Å². The zero-order valence-corrected chi connectivity index (χ0v) is 24.8. The van der Waals surface area contributed by atoms with Crippen LogP contribution in [0.5, 0.6) is 0 Å². The Bertz CT molecular complexity index is 1260. The first-order valence-electron chi connectivity index (χ1n) is 12.4. The zero-order chi connectivity index (χ0) is 25.4. The number of nitrogens with one attached hydrogen (secondary N) is 1. The van der Waals surface area contributed by atoms with Crippen LogP contribution in [0.3, 0.4) is 0 Å². The Morgan fingerprint density at radius 2 is 1.89 bits per heavy atom. The topological polar surface area (TPSA) is 81.9 Å². The fourth-order valence-corrected chi connectivity index (χ4v) is 5.86. The van der Waals surface area contributed by atoms with E-state index in [1.165, 1.54) is 0 Å². The predicted molar refractivity (Wildman–Crippen MR) is 153 cm³/mol. The molecule has 0 aliphatic heterocycles. The first-order chi connectivity index (χ1) is 16.5. The largest absolute Gasteiger partial charge is 0.416 e. The van der Waals surface area contributed by atoms with E-state index in [9.17, 15) is 4.79 Å². The molecule has 0 unspecified atom stereocenters. The number of fused-ring (bicyclic) bond motifs is 1. The molecule has 1 aliphatic carbocycles. The van der Waals surface area contributed by atoms with E-state index in [1.54, 1.807) is 0 Å². The van der Waals surface area contributed by atoms with Crippen molar-refractivity contribution in [2.45, 2.75) is 84.0 Å². The minimum absolute atomic E-state index is 0.0505. The normalized spacial score (nSPS) is 15.2. The fraction of sp³-hybridized carbons (Fsp3) is 0.538. The van der Waals surface area contributed by atoms with Crippen molar-refractivity contribution in [3.8, 4) is 0 Å². The Labute approximate surface area is 222 Å². The first-order valence-corrected chi connectivity index (χ1v) is 16.4. The summed E-state index contributed by atoms with van der Waals surface area (Å²) in [5, 5.41) is 4.35. The van der Waals surface area contributed by atoms with Gasteiger partial charge in [0.05, 0.1) is 3.57 Å². The number of hydrogen-bond acceptors (Lipinski definition) is 6. The van der Waals surface area contributed by atoms with Gasteiger partial charge >= 0.3 is 0 Å². The van der Waals surface area contributed by atoms with Crippen molar-refractivity contribution in [3.05, 3.63) is 49.6 Å². The molecule has 4 rings (SSSR count). The molecule has 0 amide bonds. The number of halogens is 1. The van der Waals surface area contributed by atoms with Gasteiger partial charge < -0.3 is 9.74 Å². The number of pyridine rings is 2. The van der Waals surface area contributed by atoms with Gasteiger partial charge in [-0.1, -0.05) is 39.7 Å². The summed E-state index contributed by atoms with van der Waals surface area (Å²) in [7, 11) is -1.74. The predicted octanol–water partition coefficient (Wildman–Crippen LogP) is 6.52. The van der Waals surface area contributed by atoms with Crippen LogP contribution in [-0.2, 0) is 10.8 Å². The summed E-state index contributed by atoms with van der Waals surface area (Å²) >= 11 is 2.16. The van der Waals surface area contributed by atoms with Crippen LogP contribution in [0.1, 0.15) is 63.6 Å². The molecule has 9 heteroatoms. The van der Waals surface area contributed by atoms with Crippen molar-refractivity contribution in [2.24, 2.45) is 0 Å². The average molecular weight is 606 g/mol. The highest BCUT2D eigenvalue weighted by atomic mass is 127.